The van der Waals surface area contributed by atoms with Gasteiger partial charge in [0.1, 0.15) is 5.75 Å². The van der Waals surface area contributed by atoms with Crippen LogP contribution in [-0.4, -0.2) is 33.3 Å². The maximum absolute atomic E-state index is 13.2. The van der Waals surface area contributed by atoms with Crippen molar-refractivity contribution in [2.24, 2.45) is 11.8 Å². The minimum absolute atomic E-state index is 0.144. The molecule has 2 amide bonds. The number of aromatic nitrogens is 3. The van der Waals surface area contributed by atoms with Crippen LogP contribution in [0.3, 0.4) is 0 Å². The Morgan fingerprint density at radius 3 is 2.52 bits per heavy atom. The molecule has 9 nitrogen and oxygen atoms in total. The first-order valence-electron chi connectivity index (χ1n) is 10.6. The molecular formula is C24H22N4O5. The molecule has 2 heterocycles. The third kappa shape index (κ3) is 3.51. The fourth-order valence-electron chi connectivity index (χ4n) is 4.55. The van der Waals surface area contributed by atoms with E-state index >= 15 is 0 Å². The Labute approximate surface area is 188 Å². The van der Waals surface area contributed by atoms with Gasteiger partial charge in [-0.25, -0.2) is 28.8 Å². The second-order valence-electron chi connectivity index (χ2n) is 8.17. The normalized spacial score (nSPS) is 22.0. The number of rotatable bonds is 5. The molecular weight excluding hydrogens is 424 g/mol. The lowest BCUT2D eigenvalue weighted by atomic mass is 9.84. The van der Waals surface area contributed by atoms with E-state index in [1.54, 1.807) is 36.4 Å². The molecule has 1 aliphatic heterocycles. The lowest BCUT2D eigenvalue weighted by Gasteiger charge is -2.23. The van der Waals surface area contributed by atoms with Gasteiger partial charge in [0.15, 0.2) is 0 Å². The van der Waals surface area contributed by atoms with Crippen LogP contribution in [0.1, 0.15) is 18.0 Å². The first-order valence-corrected chi connectivity index (χ1v) is 10.6. The number of H-pyrrole nitrogens is 1. The number of nitrogens with one attached hydrogen (secondary N) is 1. The summed E-state index contributed by atoms with van der Waals surface area (Å²) in [5.41, 5.74) is 0.264. The topological polar surface area (TPSA) is 106 Å². The number of fused-ring (bicyclic) bond motifs is 1. The van der Waals surface area contributed by atoms with Crippen molar-refractivity contribution in [1.82, 2.24) is 14.3 Å². The molecule has 1 saturated heterocycles. The van der Waals surface area contributed by atoms with Gasteiger partial charge in [-0.05, 0) is 24.1 Å². The zero-order chi connectivity index (χ0) is 23.1. The van der Waals surface area contributed by atoms with E-state index < -0.39 is 29.3 Å². The molecule has 0 unspecified atom stereocenters. The van der Waals surface area contributed by atoms with Crippen LogP contribution in [0.15, 0.2) is 76.3 Å². The molecule has 1 aromatic heterocycles. The number of carbonyl (C=O) groups excluding carboxylic acids is 2. The molecule has 33 heavy (non-hydrogen) atoms. The van der Waals surface area contributed by atoms with Crippen LogP contribution >= 0.6 is 0 Å². The maximum Gasteiger partial charge on any atom is 0.347 e. The highest BCUT2D eigenvalue weighted by atomic mass is 16.5. The third-order valence-corrected chi connectivity index (χ3v) is 6.24. The Hall–Kier alpha value is -4.14. The van der Waals surface area contributed by atoms with E-state index in [0.29, 0.717) is 11.4 Å². The lowest BCUT2D eigenvalue weighted by Crippen LogP contribution is -2.33. The second kappa shape index (κ2) is 8.09. The molecule has 9 heteroatoms. The monoisotopic (exact) mass is 446 g/mol. The summed E-state index contributed by atoms with van der Waals surface area (Å²) in [6, 6.07) is 15.5. The van der Waals surface area contributed by atoms with E-state index in [1.165, 1.54) is 16.7 Å². The number of nitrogens with zero attached hydrogens (tertiary/aromatic N) is 3. The first kappa shape index (κ1) is 20.7. The van der Waals surface area contributed by atoms with Crippen LogP contribution in [-0.2, 0) is 16.1 Å². The zero-order valence-electron chi connectivity index (χ0n) is 17.9. The van der Waals surface area contributed by atoms with Crippen molar-refractivity contribution >= 4 is 17.5 Å². The summed E-state index contributed by atoms with van der Waals surface area (Å²) in [6.07, 6.45) is 3.61. The van der Waals surface area contributed by atoms with Crippen LogP contribution < -0.4 is 21.0 Å². The van der Waals surface area contributed by atoms with E-state index in [1.807, 2.05) is 30.3 Å². The fourth-order valence-corrected chi connectivity index (χ4v) is 4.55. The number of methoxy groups -OCH3 is 1. The highest BCUT2D eigenvalue weighted by Crippen LogP contribution is 2.40. The van der Waals surface area contributed by atoms with Crippen LogP contribution in [0.5, 0.6) is 5.75 Å². The molecule has 1 fully saturated rings. The number of hydrogen-bond acceptors (Lipinski definition) is 5. The average Bonchev–Trinajstić information content (AvgIpc) is 3.26. The Bertz CT molecular complexity index is 1370. The number of allylic oxidation sites excluding steroid dienone is 1. The third-order valence-electron chi connectivity index (χ3n) is 6.24. The number of anilines is 1. The Morgan fingerprint density at radius 1 is 0.970 bits per heavy atom. The number of ether oxygens (including phenoxy) is 1. The Balaban J connectivity index is 1.42. The van der Waals surface area contributed by atoms with Crippen molar-refractivity contribution in [2.45, 2.75) is 19.0 Å². The van der Waals surface area contributed by atoms with Crippen molar-refractivity contribution in [3.63, 3.8) is 0 Å². The van der Waals surface area contributed by atoms with Crippen molar-refractivity contribution in [3.05, 3.63) is 93.3 Å². The maximum atomic E-state index is 13.2. The summed E-state index contributed by atoms with van der Waals surface area (Å²) in [7, 11) is 1.52. The number of benzene rings is 2. The fraction of sp³-hybridized carbons (Fsp3) is 0.250. The van der Waals surface area contributed by atoms with Crippen molar-refractivity contribution in [2.75, 3.05) is 12.0 Å². The molecule has 1 aliphatic carbocycles. The molecule has 2 aliphatic rings. The number of aromatic amines is 1. The van der Waals surface area contributed by atoms with E-state index in [4.69, 9.17) is 4.74 Å². The standard InChI is InChI=1S/C24H22N4O5/c1-33-18-9-5-8-16(12-18)27-21(29)19-11-10-17(13-20(19)22(27)30)28-24(32)26(23(31)25-28)14-15-6-3-2-4-7-15/h2-12,17,19-20H,13-14H2,1H3,(H,25,31)/t17-,19+,20-/m1/s1. The summed E-state index contributed by atoms with van der Waals surface area (Å²) in [5, 5.41) is 2.60. The molecule has 168 valence electrons. The van der Waals surface area contributed by atoms with E-state index in [9.17, 15) is 19.2 Å². The summed E-state index contributed by atoms with van der Waals surface area (Å²) in [4.78, 5) is 52.8. The van der Waals surface area contributed by atoms with Gasteiger partial charge >= 0.3 is 11.4 Å². The quantitative estimate of drug-likeness (QED) is 0.474. The molecule has 3 aromatic rings. The van der Waals surface area contributed by atoms with Crippen molar-refractivity contribution in [3.8, 4) is 5.75 Å². The minimum Gasteiger partial charge on any atom is -0.497 e. The predicted octanol–water partition coefficient (Wildman–Crippen LogP) is 1.70. The largest absolute Gasteiger partial charge is 0.497 e. The average molecular weight is 446 g/mol. The Morgan fingerprint density at radius 2 is 1.76 bits per heavy atom. The summed E-state index contributed by atoms with van der Waals surface area (Å²) in [6.45, 7) is 0.144. The van der Waals surface area contributed by atoms with Gasteiger partial charge < -0.3 is 4.74 Å². The van der Waals surface area contributed by atoms with Crippen LogP contribution in [0, 0.1) is 11.8 Å². The van der Waals surface area contributed by atoms with Gasteiger partial charge in [0.25, 0.3) is 0 Å². The molecule has 0 radical (unpaired) electrons. The van der Waals surface area contributed by atoms with Gasteiger partial charge in [0.2, 0.25) is 11.8 Å². The number of carbonyl (C=O) groups is 2. The van der Waals surface area contributed by atoms with E-state index in [-0.39, 0.29) is 24.8 Å². The number of amides is 2. The van der Waals surface area contributed by atoms with Crippen molar-refractivity contribution in [1.29, 1.82) is 0 Å². The second-order valence-corrected chi connectivity index (χ2v) is 8.17. The highest BCUT2D eigenvalue weighted by Gasteiger charge is 2.49. The smallest absolute Gasteiger partial charge is 0.347 e. The van der Waals surface area contributed by atoms with Crippen LogP contribution in [0.2, 0.25) is 0 Å². The van der Waals surface area contributed by atoms with Gasteiger partial charge in [-0.3, -0.25) is 9.59 Å². The molecule has 3 atom stereocenters. The van der Waals surface area contributed by atoms with E-state index in [0.717, 1.165) is 10.1 Å². The van der Waals surface area contributed by atoms with Crippen LogP contribution in [0.25, 0.3) is 0 Å². The summed E-state index contributed by atoms with van der Waals surface area (Å²) < 4.78 is 7.57. The minimum atomic E-state index is -0.619. The number of imide groups is 1. The molecule has 0 spiro atoms. The Kier molecular flexibility index (Phi) is 5.08. The van der Waals surface area contributed by atoms with Gasteiger partial charge in [0.05, 0.1) is 37.2 Å². The van der Waals surface area contributed by atoms with E-state index in [2.05, 4.69) is 5.10 Å². The SMILES string of the molecule is COc1cccc(N2C(=O)[C@H]3C=C[C@@H](n4[nH]c(=O)n(Cc5ccccc5)c4=O)C[C@H]3C2=O)c1. The molecule has 0 bridgehead atoms. The van der Waals surface area contributed by atoms with Crippen molar-refractivity contribution < 1.29 is 14.3 Å². The van der Waals surface area contributed by atoms with Gasteiger partial charge in [-0.15, -0.1) is 0 Å². The molecule has 1 N–H and O–H groups in total. The molecule has 0 saturated carbocycles. The summed E-state index contributed by atoms with van der Waals surface area (Å²) in [5.74, 6) is -1.32. The van der Waals surface area contributed by atoms with Gasteiger partial charge in [0, 0.05) is 6.07 Å². The zero-order valence-corrected chi connectivity index (χ0v) is 17.9. The summed E-state index contributed by atoms with van der Waals surface area (Å²) >= 11 is 0. The highest BCUT2D eigenvalue weighted by molar-refractivity contribution is 6.22. The number of hydrogen-bond donors (Lipinski definition) is 1. The van der Waals surface area contributed by atoms with Gasteiger partial charge in [-0.1, -0.05) is 48.6 Å². The first-order chi connectivity index (χ1) is 16.0. The van der Waals surface area contributed by atoms with Crippen LogP contribution in [0.4, 0.5) is 5.69 Å². The van der Waals surface area contributed by atoms with Gasteiger partial charge in [-0.2, -0.15) is 0 Å². The lowest BCUT2D eigenvalue weighted by molar-refractivity contribution is -0.122. The molecule has 2 aromatic carbocycles. The molecule has 5 rings (SSSR count). The predicted molar refractivity (Wildman–Crippen MR) is 120 cm³/mol.